The van der Waals surface area contributed by atoms with E-state index in [1.807, 2.05) is 0 Å². The third kappa shape index (κ3) is 2.63. The quantitative estimate of drug-likeness (QED) is 0.594. The van der Waals surface area contributed by atoms with Gasteiger partial charge < -0.3 is 10.3 Å². The van der Waals surface area contributed by atoms with Gasteiger partial charge in [0.1, 0.15) is 11.2 Å². The molecule has 0 unspecified atom stereocenters. The zero-order chi connectivity index (χ0) is 18.1. The molecule has 0 fully saturated rings. The van der Waals surface area contributed by atoms with Crippen LogP contribution < -0.4 is 10.9 Å². The lowest BCUT2D eigenvalue weighted by molar-refractivity contribution is 0.102. The van der Waals surface area contributed by atoms with Crippen molar-refractivity contribution in [2.24, 2.45) is 0 Å². The minimum absolute atomic E-state index is 0.0674. The van der Waals surface area contributed by atoms with Gasteiger partial charge in [-0.25, -0.2) is 14.1 Å². The fourth-order valence-corrected chi connectivity index (χ4v) is 2.63. The predicted molar refractivity (Wildman–Crippen MR) is 93.8 cm³/mol. The van der Waals surface area contributed by atoms with Gasteiger partial charge in [0.05, 0.1) is 29.5 Å². The maximum Gasteiger partial charge on any atom is 0.261 e. The summed E-state index contributed by atoms with van der Waals surface area (Å²) >= 11 is 0. The first kappa shape index (κ1) is 15.7. The molecular weight excluding hydrogens is 337 g/mol. The Bertz CT molecular complexity index is 1180. The first-order valence-electron chi connectivity index (χ1n) is 7.72. The van der Waals surface area contributed by atoms with E-state index in [4.69, 9.17) is 0 Å². The van der Waals surface area contributed by atoms with Crippen molar-refractivity contribution in [3.63, 3.8) is 0 Å². The largest absolute Gasteiger partial charge is 0.320 e. The van der Waals surface area contributed by atoms with Crippen LogP contribution >= 0.6 is 0 Å². The van der Waals surface area contributed by atoms with Crippen LogP contribution in [-0.4, -0.2) is 25.7 Å². The molecule has 4 aromatic rings. The zero-order valence-corrected chi connectivity index (χ0v) is 13.3. The number of hydrogen-bond acceptors (Lipinski definition) is 4. The van der Waals surface area contributed by atoms with Crippen LogP contribution in [0.15, 0.2) is 65.8 Å². The predicted octanol–water partition coefficient (Wildman–Crippen LogP) is 2.50. The van der Waals surface area contributed by atoms with E-state index in [2.05, 4.69) is 20.4 Å². The second kappa shape index (κ2) is 6.25. The summed E-state index contributed by atoms with van der Waals surface area (Å²) in [4.78, 5) is 30.9. The average Bonchev–Trinajstić information content (AvgIpc) is 3.08. The van der Waals surface area contributed by atoms with Crippen molar-refractivity contribution >= 4 is 22.6 Å². The lowest BCUT2D eigenvalue weighted by atomic mass is 10.2. The molecule has 2 aromatic heterocycles. The Balaban J connectivity index is 1.78. The number of aromatic amines is 1. The molecule has 26 heavy (non-hydrogen) atoms. The zero-order valence-electron chi connectivity index (χ0n) is 13.3. The van der Waals surface area contributed by atoms with Crippen molar-refractivity contribution in [3.05, 3.63) is 82.8 Å². The molecule has 2 heterocycles. The van der Waals surface area contributed by atoms with E-state index < -0.39 is 11.7 Å². The molecule has 0 saturated carbocycles. The third-order valence-corrected chi connectivity index (χ3v) is 3.87. The summed E-state index contributed by atoms with van der Waals surface area (Å²) in [5.41, 5.74) is 0.885. The number of para-hydroxylation sites is 2. The molecule has 0 spiro atoms. The lowest BCUT2D eigenvalue weighted by Crippen LogP contribution is -2.15. The highest BCUT2D eigenvalue weighted by Gasteiger charge is 2.16. The molecule has 4 rings (SSSR count). The molecule has 0 aliphatic heterocycles. The number of halogens is 1. The Hall–Kier alpha value is -3.81. The summed E-state index contributed by atoms with van der Waals surface area (Å²) in [6.45, 7) is 0. The van der Waals surface area contributed by atoms with E-state index in [1.54, 1.807) is 30.3 Å². The highest BCUT2D eigenvalue weighted by atomic mass is 19.1. The smallest absolute Gasteiger partial charge is 0.261 e. The minimum atomic E-state index is -0.611. The van der Waals surface area contributed by atoms with Crippen LogP contribution in [0.3, 0.4) is 0 Å². The van der Waals surface area contributed by atoms with Crippen molar-refractivity contribution < 1.29 is 9.18 Å². The molecule has 0 atom stereocenters. The molecule has 2 aromatic carbocycles. The van der Waals surface area contributed by atoms with Gasteiger partial charge in [0.2, 0.25) is 0 Å². The van der Waals surface area contributed by atoms with Crippen molar-refractivity contribution in [2.45, 2.75) is 0 Å². The van der Waals surface area contributed by atoms with Crippen LogP contribution in [0.4, 0.5) is 10.1 Å². The van der Waals surface area contributed by atoms with E-state index in [-0.39, 0.29) is 11.1 Å². The van der Waals surface area contributed by atoms with Gasteiger partial charge in [-0.2, -0.15) is 5.10 Å². The number of amides is 1. The second-order valence-corrected chi connectivity index (χ2v) is 5.48. The van der Waals surface area contributed by atoms with Gasteiger partial charge in [0, 0.05) is 0 Å². The van der Waals surface area contributed by atoms with Gasteiger partial charge in [-0.1, -0.05) is 24.3 Å². The molecule has 1 amide bonds. The molecular formula is C18H12FN5O2. The number of rotatable bonds is 3. The normalized spacial score (nSPS) is 10.8. The molecule has 2 N–H and O–H groups in total. The monoisotopic (exact) mass is 349 g/mol. The van der Waals surface area contributed by atoms with Gasteiger partial charge in [-0.3, -0.25) is 9.59 Å². The Kier molecular flexibility index (Phi) is 3.77. The van der Waals surface area contributed by atoms with Crippen molar-refractivity contribution in [3.8, 4) is 5.69 Å². The van der Waals surface area contributed by atoms with E-state index in [9.17, 15) is 14.0 Å². The van der Waals surface area contributed by atoms with Gasteiger partial charge in [0.25, 0.3) is 11.5 Å². The molecule has 0 bridgehead atoms. The number of hydrogen-bond donors (Lipinski definition) is 2. The Morgan fingerprint density at radius 3 is 2.73 bits per heavy atom. The standard InChI is InChI=1S/C18H12FN5O2/c19-13-6-2-1-5-11(13)18(26)23-14-7-3-4-8-15(14)24-16-12(9-22-24)17(25)21-10-20-16/h1-10H,(H,23,26)(H,20,21,25). The number of carbonyl (C=O) groups excluding carboxylic acids is 1. The molecule has 0 aliphatic rings. The lowest BCUT2D eigenvalue weighted by Gasteiger charge is -2.12. The highest BCUT2D eigenvalue weighted by molar-refractivity contribution is 6.05. The Morgan fingerprint density at radius 2 is 1.88 bits per heavy atom. The van der Waals surface area contributed by atoms with E-state index in [0.29, 0.717) is 22.4 Å². The van der Waals surface area contributed by atoms with Gasteiger partial charge in [0.15, 0.2) is 5.65 Å². The number of H-pyrrole nitrogens is 1. The summed E-state index contributed by atoms with van der Waals surface area (Å²) in [5.74, 6) is -1.20. The van der Waals surface area contributed by atoms with Crippen LogP contribution in [0.25, 0.3) is 16.7 Å². The number of fused-ring (bicyclic) bond motifs is 1. The molecule has 8 heteroatoms. The van der Waals surface area contributed by atoms with Gasteiger partial charge in [-0.15, -0.1) is 0 Å². The maximum atomic E-state index is 13.8. The van der Waals surface area contributed by atoms with Crippen molar-refractivity contribution in [1.29, 1.82) is 0 Å². The molecule has 128 valence electrons. The Labute approximate surface area is 146 Å². The van der Waals surface area contributed by atoms with Crippen LogP contribution in [0.2, 0.25) is 0 Å². The summed E-state index contributed by atoms with van der Waals surface area (Å²) < 4.78 is 15.3. The summed E-state index contributed by atoms with van der Waals surface area (Å²) in [5, 5.41) is 7.20. The molecule has 0 radical (unpaired) electrons. The SMILES string of the molecule is O=C(Nc1ccccc1-n1ncc2c(=O)[nH]cnc21)c1ccccc1F. The number of nitrogens with one attached hydrogen (secondary N) is 2. The first-order chi connectivity index (χ1) is 12.6. The second-order valence-electron chi connectivity index (χ2n) is 5.48. The minimum Gasteiger partial charge on any atom is -0.320 e. The number of benzene rings is 2. The van der Waals surface area contributed by atoms with Gasteiger partial charge in [-0.05, 0) is 24.3 Å². The fraction of sp³-hybridized carbons (Fsp3) is 0. The fourth-order valence-electron chi connectivity index (χ4n) is 2.63. The van der Waals surface area contributed by atoms with Crippen LogP contribution in [0, 0.1) is 5.82 Å². The number of aromatic nitrogens is 4. The summed E-state index contributed by atoms with van der Waals surface area (Å²) in [7, 11) is 0. The van der Waals surface area contributed by atoms with Gasteiger partial charge >= 0.3 is 0 Å². The summed E-state index contributed by atoms with van der Waals surface area (Å²) in [6.07, 6.45) is 2.68. The number of carbonyl (C=O) groups is 1. The van der Waals surface area contributed by atoms with E-state index >= 15 is 0 Å². The van der Waals surface area contributed by atoms with Crippen LogP contribution in [-0.2, 0) is 0 Å². The first-order valence-corrected chi connectivity index (χ1v) is 7.72. The molecule has 0 saturated heterocycles. The van der Waals surface area contributed by atoms with Crippen LogP contribution in [0.5, 0.6) is 0 Å². The number of anilines is 1. The third-order valence-electron chi connectivity index (χ3n) is 3.87. The Morgan fingerprint density at radius 1 is 1.12 bits per heavy atom. The van der Waals surface area contributed by atoms with Crippen molar-refractivity contribution in [1.82, 2.24) is 19.7 Å². The van der Waals surface area contributed by atoms with Crippen LogP contribution in [0.1, 0.15) is 10.4 Å². The number of nitrogens with zero attached hydrogens (tertiary/aromatic N) is 3. The van der Waals surface area contributed by atoms with Crippen molar-refractivity contribution in [2.75, 3.05) is 5.32 Å². The highest BCUT2D eigenvalue weighted by Crippen LogP contribution is 2.23. The maximum absolute atomic E-state index is 13.8. The van der Waals surface area contributed by atoms with E-state index in [0.717, 1.165) is 0 Å². The van der Waals surface area contributed by atoms with E-state index in [1.165, 1.54) is 35.4 Å². The summed E-state index contributed by atoms with van der Waals surface area (Å²) in [6, 6.07) is 12.6. The topological polar surface area (TPSA) is 92.7 Å². The average molecular weight is 349 g/mol. The molecule has 0 aliphatic carbocycles. The molecule has 7 nitrogen and oxygen atoms in total.